The molecule has 8 heteroatoms. The van der Waals surface area contributed by atoms with E-state index in [1.807, 2.05) is 46.2 Å². The van der Waals surface area contributed by atoms with Gasteiger partial charge < -0.3 is 24.2 Å². The third-order valence-corrected chi connectivity index (χ3v) is 7.84. The fourth-order valence-corrected chi connectivity index (χ4v) is 5.49. The second-order valence-corrected chi connectivity index (χ2v) is 10.5. The Hall–Kier alpha value is -3.39. The van der Waals surface area contributed by atoms with Gasteiger partial charge in [-0.1, -0.05) is 18.2 Å². The van der Waals surface area contributed by atoms with Crippen molar-refractivity contribution in [3.8, 4) is 16.9 Å². The Balaban J connectivity index is 1.19. The third kappa shape index (κ3) is 5.21. The predicted octanol–water partition coefficient (Wildman–Crippen LogP) is 3.54. The van der Waals surface area contributed by atoms with Crippen LogP contribution in [0.15, 0.2) is 42.5 Å². The minimum atomic E-state index is -0.697. The van der Waals surface area contributed by atoms with Crippen LogP contribution in [-0.2, 0) is 20.9 Å². The van der Waals surface area contributed by atoms with Crippen molar-refractivity contribution in [1.29, 1.82) is 0 Å². The molecule has 2 fully saturated rings. The Bertz CT molecular complexity index is 1180. The zero-order valence-electron chi connectivity index (χ0n) is 21.9. The zero-order valence-corrected chi connectivity index (χ0v) is 21.9. The Morgan fingerprint density at radius 2 is 1.54 bits per heavy atom. The first-order valence-corrected chi connectivity index (χ1v) is 13.1. The number of rotatable bonds is 3. The summed E-state index contributed by atoms with van der Waals surface area (Å²) in [5.74, 6) is 0.377. The van der Waals surface area contributed by atoms with Crippen LogP contribution in [0.3, 0.4) is 0 Å². The van der Waals surface area contributed by atoms with Gasteiger partial charge in [0.2, 0.25) is 17.6 Å². The maximum absolute atomic E-state index is 13.1. The number of ether oxygens (including phenoxy) is 2. The first kappa shape index (κ1) is 25.3. The quantitative estimate of drug-likeness (QED) is 0.638. The van der Waals surface area contributed by atoms with Gasteiger partial charge in [0.15, 0.2) is 0 Å². The monoisotopic (exact) mass is 505 g/mol. The largest absolute Gasteiger partial charge is 0.462 e. The van der Waals surface area contributed by atoms with Gasteiger partial charge in [0, 0.05) is 77.1 Å². The van der Waals surface area contributed by atoms with Gasteiger partial charge in [-0.3, -0.25) is 14.4 Å². The average Bonchev–Trinajstić information content (AvgIpc) is 2.92. The molecule has 3 amide bonds. The molecule has 2 saturated heterocycles. The number of likely N-dealkylation sites (tertiary alicyclic amines) is 2. The predicted molar refractivity (Wildman–Crippen MR) is 139 cm³/mol. The molecule has 3 heterocycles. The molecule has 0 saturated carbocycles. The van der Waals surface area contributed by atoms with E-state index in [-0.39, 0.29) is 23.6 Å². The van der Waals surface area contributed by atoms with Crippen LogP contribution >= 0.6 is 0 Å². The number of amides is 3. The molecule has 0 unspecified atom stereocenters. The molecule has 2 aromatic rings. The molecule has 0 atom stereocenters. The number of carbonyl (C=O) groups is 3. The summed E-state index contributed by atoms with van der Waals surface area (Å²) < 4.78 is 12.6. The molecular weight excluding hydrogens is 470 g/mol. The fraction of sp³-hybridized carbons (Fsp3) is 0.483. The number of piperidine rings is 2. The molecule has 5 rings (SSSR count). The smallest absolute Gasteiger partial charge is 0.253 e. The van der Waals surface area contributed by atoms with E-state index in [1.165, 1.54) is 0 Å². The van der Waals surface area contributed by atoms with Gasteiger partial charge in [-0.2, -0.15) is 0 Å². The van der Waals surface area contributed by atoms with Gasteiger partial charge in [0.1, 0.15) is 5.75 Å². The van der Waals surface area contributed by atoms with E-state index in [2.05, 4.69) is 6.07 Å². The second kappa shape index (κ2) is 10.2. The van der Waals surface area contributed by atoms with Crippen LogP contribution in [0.2, 0.25) is 0 Å². The standard InChI is InChI=1S/C29H35N3O5/c1-20(33)31-14-10-23(11-15-31)28(35)32-16-12-29(13-17-32)36-19-25-18-24(8-9-26(25)37-29)21-4-6-22(7-5-21)27(34)30(2)3/h4-9,18,23H,10-17,19H2,1-3H3. The van der Waals surface area contributed by atoms with E-state index in [4.69, 9.17) is 9.47 Å². The van der Waals surface area contributed by atoms with Gasteiger partial charge in [-0.25, -0.2) is 0 Å². The molecule has 2 aromatic carbocycles. The lowest BCUT2D eigenvalue weighted by Crippen LogP contribution is -2.54. The van der Waals surface area contributed by atoms with Crippen molar-refractivity contribution in [1.82, 2.24) is 14.7 Å². The van der Waals surface area contributed by atoms with Gasteiger partial charge in [0.05, 0.1) is 6.61 Å². The molecule has 0 aliphatic carbocycles. The summed E-state index contributed by atoms with van der Waals surface area (Å²) in [6.45, 7) is 4.58. The van der Waals surface area contributed by atoms with E-state index in [0.29, 0.717) is 51.2 Å². The van der Waals surface area contributed by atoms with Crippen LogP contribution < -0.4 is 4.74 Å². The van der Waals surface area contributed by atoms with Crippen LogP contribution in [0, 0.1) is 5.92 Å². The average molecular weight is 506 g/mol. The normalized spacial score (nSPS) is 19.2. The minimum absolute atomic E-state index is 0.00735. The number of fused-ring (bicyclic) bond motifs is 1. The lowest BCUT2D eigenvalue weighted by Gasteiger charge is -2.45. The molecule has 3 aliphatic rings. The van der Waals surface area contributed by atoms with Crippen molar-refractivity contribution < 1.29 is 23.9 Å². The highest BCUT2D eigenvalue weighted by molar-refractivity contribution is 5.94. The first-order chi connectivity index (χ1) is 17.7. The molecule has 37 heavy (non-hydrogen) atoms. The molecule has 0 bridgehead atoms. The molecule has 3 aliphatic heterocycles. The lowest BCUT2D eigenvalue weighted by atomic mass is 9.93. The molecule has 0 N–H and O–H groups in total. The van der Waals surface area contributed by atoms with Crippen molar-refractivity contribution in [2.75, 3.05) is 40.3 Å². The summed E-state index contributed by atoms with van der Waals surface area (Å²) in [5.41, 5.74) is 3.72. The van der Waals surface area contributed by atoms with E-state index in [9.17, 15) is 14.4 Å². The van der Waals surface area contributed by atoms with Crippen LogP contribution in [0.4, 0.5) is 0 Å². The van der Waals surface area contributed by atoms with E-state index in [1.54, 1.807) is 25.9 Å². The Morgan fingerprint density at radius 3 is 2.16 bits per heavy atom. The first-order valence-electron chi connectivity index (χ1n) is 13.1. The summed E-state index contributed by atoms with van der Waals surface area (Å²) in [5, 5.41) is 0. The summed E-state index contributed by atoms with van der Waals surface area (Å²) in [7, 11) is 3.49. The number of hydrogen-bond acceptors (Lipinski definition) is 5. The van der Waals surface area contributed by atoms with Crippen LogP contribution in [0.25, 0.3) is 11.1 Å². The Morgan fingerprint density at radius 1 is 0.892 bits per heavy atom. The number of benzene rings is 2. The highest BCUT2D eigenvalue weighted by atomic mass is 16.7. The van der Waals surface area contributed by atoms with Crippen molar-refractivity contribution in [3.05, 3.63) is 53.6 Å². The topological polar surface area (TPSA) is 79.4 Å². The molecule has 1 spiro atoms. The van der Waals surface area contributed by atoms with Gasteiger partial charge in [-0.05, 0) is 48.2 Å². The van der Waals surface area contributed by atoms with Crippen molar-refractivity contribution >= 4 is 17.7 Å². The highest BCUT2D eigenvalue weighted by Crippen LogP contribution is 2.39. The number of carbonyl (C=O) groups excluding carboxylic acids is 3. The molecule has 0 aromatic heterocycles. The van der Waals surface area contributed by atoms with Gasteiger partial charge in [-0.15, -0.1) is 0 Å². The van der Waals surface area contributed by atoms with Crippen LogP contribution in [0.5, 0.6) is 5.75 Å². The fourth-order valence-electron chi connectivity index (χ4n) is 5.49. The summed E-state index contributed by atoms with van der Waals surface area (Å²) in [6, 6.07) is 13.7. The maximum atomic E-state index is 13.1. The summed E-state index contributed by atoms with van der Waals surface area (Å²) in [6.07, 6.45) is 2.73. The maximum Gasteiger partial charge on any atom is 0.253 e. The van der Waals surface area contributed by atoms with E-state index < -0.39 is 5.79 Å². The number of hydrogen-bond donors (Lipinski definition) is 0. The molecule has 196 valence electrons. The summed E-state index contributed by atoms with van der Waals surface area (Å²) in [4.78, 5) is 42.1. The minimum Gasteiger partial charge on any atom is -0.462 e. The number of nitrogens with zero attached hydrogens (tertiary/aromatic N) is 3. The van der Waals surface area contributed by atoms with E-state index in [0.717, 1.165) is 35.3 Å². The van der Waals surface area contributed by atoms with Crippen LogP contribution in [0.1, 0.15) is 48.5 Å². The van der Waals surface area contributed by atoms with Gasteiger partial charge >= 0.3 is 0 Å². The van der Waals surface area contributed by atoms with Crippen LogP contribution in [-0.4, -0.2) is 78.5 Å². The van der Waals surface area contributed by atoms with Crippen molar-refractivity contribution in [2.24, 2.45) is 5.92 Å². The Kier molecular flexibility index (Phi) is 6.94. The summed E-state index contributed by atoms with van der Waals surface area (Å²) >= 11 is 0. The molecule has 8 nitrogen and oxygen atoms in total. The van der Waals surface area contributed by atoms with Crippen molar-refractivity contribution in [3.63, 3.8) is 0 Å². The molecular formula is C29H35N3O5. The second-order valence-electron chi connectivity index (χ2n) is 10.5. The van der Waals surface area contributed by atoms with Gasteiger partial charge in [0.25, 0.3) is 5.91 Å². The van der Waals surface area contributed by atoms with E-state index >= 15 is 0 Å². The van der Waals surface area contributed by atoms with Crippen molar-refractivity contribution in [2.45, 2.75) is 45.0 Å². The molecule has 0 radical (unpaired) electrons. The third-order valence-electron chi connectivity index (χ3n) is 7.84. The SMILES string of the molecule is CC(=O)N1CCC(C(=O)N2CCC3(CC2)OCc2cc(-c4ccc(C(=O)N(C)C)cc4)ccc2O3)CC1. The lowest BCUT2D eigenvalue weighted by molar-refractivity contribution is -0.228. The highest BCUT2D eigenvalue weighted by Gasteiger charge is 2.43. The zero-order chi connectivity index (χ0) is 26.2. The Labute approximate surface area is 218 Å².